The summed E-state index contributed by atoms with van der Waals surface area (Å²) in [5.41, 5.74) is 3.55. The number of nitrogens with one attached hydrogen (secondary N) is 2. The molecule has 0 saturated heterocycles. The van der Waals surface area contributed by atoms with Crippen LogP contribution in [0.3, 0.4) is 0 Å². The lowest BCUT2D eigenvalue weighted by Crippen LogP contribution is -2.47. The van der Waals surface area contributed by atoms with Crippen molar-refractivity contribution >= 4 is 28.3 Å². The Labute approximate surface area is 203 Å². The van der Waals surface area contributed by atoms with Crippen LogP contribution < -0.4 is 10.6 Å². The Hall–Kier alpha value is -3.84. The monoisotopic (exact) mass is 470 g/mol. The van der Waals surface area contributed by atoms with Crippen LogP contribution in [0.5, 0.6) is 0 Å². The van der Waals surface area contributed by atoms with Gasteiger partial charge in [-0.1, -0.05) is 104 Å². The van der Waals surface area contributed by atoms with Crippen LogP contribution in [0, 0.1) is 5.92 Å². The van der Waals surface area contributed by atoms with Crippen LogP contribution in [0.4, 0.5) is 5.13 Å². The van der Waals surface area contributed by atoms with E-state index >= 15 is 0 Å². The van der Waals surface area contributed by atoms with Crippen molar-refractivity contribution in [3.05, 3.63) is 90.5 Å². The molecular weight excluding hydrogens is 444 g/mol. The number of benzene rings is 3. The highest BCUT2D eigenvalue weighted by Gasteiger charge is 2.27. The number of hydrogen-bond acceptors (Lipinski definition) is 5. The maximum atomic E-state index is 13.1. The fourth-order valence-corrected chi connectivity index (χ4v) is 4.28. The van der Waals surface area contributed by atoms with Crippen LogP contribution in [0.25, 0.3) is 21.7 Å². The van der Waals surface area contributed by atoms with Crippen molar-refractivity contribution in [2.75, 3.05) is 5.32 Å². The van der Waals surface area contributed by atoms with Crippen molar-refractivity contribution in [1.29, 1.82) is 0 Å². The van der Waals surface area contributed by atoms with Crippen LogP contribution in [0.2, 0.25) is 0 Å². The van der Waals surface area contributed by atoms with Gasteiger partial charge in [0.2, 0.25) is 11.0 Å². The van der Waals surface area contributed by atoms with E-state index in [2.05, 4.69) is 20.8 Å². The van der Waals surface area contributed by atoms with E-state index in [0.29, 0.717) is 10.7 Å². The molecule has 4 rings (SSSR count). The van der Waals surface area contributed by atoms with Gasteiger partial charge in [0.05, 0.1) is 0 Å². The van der Waals surface area contributed by atoms with E-state index in [0.717, 1.165) is 28.1 Å². The number of rotatable bonds is 8. The van der Waals surface area contributed by atoms with Gasteiger partial charge >= 0.3 is 0 Å². The van der Waals surface area contributed by atoms with E-state index in [1.807, 2.05) is 86.6 Å². The molecule has 0 saturated carbocycles. The van der Waals surface area contributed by atoms with Gasteiger partial charge in [-0.3, -0.25) is 14.9 Å². The molecule has 0 fully saturated rings. The number of hydrogen-bond donors (Lipinski definition) is 2. The molecule has 6 nitrogen and oxygen atoms in total. The van der Waals surface area contributed by atoms with E-state index in [4.69, 9.17) is 0 Å². The summed E-state index contributed by atoms with van der Waals surface area (Å²) in [4.78, 5) is 26.0. The third-order valence-corrected chi connectivity index (χ3v) is 6.60. The highest BCUT2D eigenvalue weighted by atomic mass is 32.1. The Balaban J connectivity index is 1.45. The molecule has 0 unspecified atom stereocenters. The molecule has 2 atom stereocenters. The highest BCUT2D eigenvalue weighted by Crippen LogP contribution is 2.26. The summed E-state index contributed by atoms with van der Waals surface area (Å²) in [5.74, 6) is -0.657. The maximum Gasteiger partial charge on any atom is 0.251 e. The van der Waals surface area contributed by atoms with Gasteiger partial charge in [-0.25, -0.2) is 0 Å². The second-order valence-electron chi connectivity index (χ2n) is 8.05. The summed E-state index contributed by atoms with van der Waals surface area (Å²) in [6.45, 7) is 3.93. The van der Waals surface area contributed by atoms with Crippen LogP contribution in [0.15, 0.2) is 84.9 Å². The lowest BCUT2D eigenvalue weighted by atomic mass is 9.97. The highest BCUT2D eigenvalue weighted by molar-refractivity contribution is 7.18. The molecular formula is C27H26N4O2S. The molecule has 172 valence electrons. The van der Waals surface area contributed by atoms with Crippen LogP contribution in [0.1, 0.15) is 30.6 Å². The first-order chi connectivity index (χ1) is 16.5. The molecule has 1 heterocycles. The van der Waals surface area contributed by atoms with Crippen LogP contribution >= 0.6 is 11.3 Å². The predicted molar refractivity (Wildman–Crippen MR) is 137 cm³/mol. The quantitative estimate of drug-likeness (QED) is 0.348. The van der Waals surface area contributed by atoms with Crippen molar-refractivity contribution in [2.45, 2.75) is 26.3 Å². The molecule has 1 aromatic heterocycles. The van der Waals surface area contributed by atoms with Gasteiger partial charge in [0.15, 0.2) is 0 Å². The standard InChI is InChI=1S/C27H26N4O2S/c1-3-18(2)23(25(33)29-27-31-30-26(34-27)22-12-8-5-9-13-22)28-24(32)21-16-14-20(15-17-21)19-10-6-4-7-11-19/h4-18,23H,3H2,1-2H3,(H,28,32)(H,29,31,33)/t18-,23-/m1/s1. The zero-order chi connectivity index (χ0) is 23.9. The number of carbonyl (C=O) groups excluding carboxylic acids is 2. The van der Waals surface area contributed by atoms with E-state index in [1.165, 1.54) is 11.3 Å². The lowest BCUT2D eigenvalue weighted by Gasteiger charge is -2.23. The van der Waals surface area contributed by atoms with Gasteiger partial charge in [0, 0.05) is 11.1 Å². The smallest absolute Gasteiger partial charge is 0.251 e. The molecule has 7 heteroatoms. The second-order valence-corrected chi connectivity index (χ2v) is 9.03. The normalized spacial score (nSPS) is 12.5. The summed E-state index contributed by atoms with van der Waals surface area (Å²) >= 11 is 1.30. The molecule has 0 bridgehead atoms. The van der Waals surface area contributed by atoms with Gasteiger partial charge < -0.3 is 5.32 Å². The van der Waals surface area contributed by atoms with Gasteiger partial charge in [-0.15, -0.1) is 10.2 Å². The minimum Gasteiger partial charge on any atom is -0.340 e. The SMILES string of the molecule is CC[C@@H](C)[C@@H](NC(=O)c1ccc(-c2ccccc2)cc1)C(=O)Nc1nnc(-c2ccccc2)s1. The van der Waals surface area contributed by atoms with Crippen molar-refractivity contribution in [1.82, 2.24) is 15.5 Å². The average Bonchev–Trinajstić information content (AvgIpc) is 3.36. The Morgan fingerprint density at radius 2 is 1.41 bits per heavy atom. The molecule has 0 aliphatic heterocycles. The molecule has 4 aromatic rings. The summed E-state index contributed by atoms with van der Waals surface area (Å²) in [5, 5.41) is 15.1. The van der Waals surface area contributed by atoms with E-state index in [-0.39, 0.29) is 17.7 Å². The molecule has 0 spiro atoms. The molecule has 2 N–H and O–H groups in total. The number of nitrogens with zero attached hydrogens (tertiary/aromatic N) is 2. The number of anilines is 1. The maximum absolute atomic E-state index is 13.1. The third kappa shape index (κ3) is 5.55. The van der Waals surface area contributed by atoms with Gasteiger partial charge in [-0.2, -0.15) is 0 Å². The number of aromatic nitrogens is 2. The first-order valence-corrected chi connectivity index (χ1v) is 12.0. The first-order valence-electron chi connectivity index (χ1n) is 11.2. The summed E-state index contributed by atoms with van der Waals surface area (Å²) < 4.78 is 0. The Morgan fingerprint density at radius 3 is 2.03 bits per heavy atom. The summed E-state index contributed by atoms with van der Waals surface area (Å²) in [7, 11) is 0. The molecule has 2 amide bonds. The minimum atomic E-state index is -0.699. The van der Waals surface area contributed by atoms with Crippen molar-refractivity contribution in [3.63, 3.8) is 0 Å². The topological polar surface area (TPSA) is 84.0 Å². The zero-order valence-electron chi connectivity index (χ0n) is 19.1. The Morgan fingerprint density at radius 1 is 0.824 bits per heavy atom. The molecule has 34 heavy (non-hydrogen) atoms. The molecule has 0 aliphatic rings. The van der Waals surface area contributed by atoms with Gasteiger partial charge in [0.25, 0.3) is 5.91 Å². The third-order valence-electron chi connectivity index (χ3n) is 5.71. The summed E-state index contributed by atoms with van der Waals surface area (Å²) in [6.07, 6.45) is 0.733. The van der Waals surface area contributed by atoms with E-state index in [9.17, 15) is 9.59 Å². The van der Waals surface area contributed by atoms with E-state index < -0.39 is 6.04 Å². The Bertz CT molecular complexity index is 1240. The lowest BCUT2D eigenvalue weighted by molar-refractivity contribution is -0.119. The van der Waals surface area contributed by atoms with Crippen LogP contribution in [-0.4, -0.2) is 28.1 Å². The predicted octanol–water partition coefficient (Wildman–Crippen LogP) is 5.66. The average molecular weight is 471 g/mol. The fourth-order valence-electron chi connectivity index (χ4n) is 3.53. The van der Waals surface area contributed by atoms with E-state index in [1.54, 1.807) is 12.1 Å². The van der Waals surface area contributed by atoms with Crippen molar-refractivity contribution < 1.29 is 9.59 Å². The number of amides is 2. The summed E-state index contributed by atoms with van der Waals surface area (Å²) in [6, 6.07) is 26.3. The zero-order valence-corrected chi connectivity index (χ0v) is 19.9. The number of carbonyl (C=O) groups is 2. The molecule has 3 aromatic carbocycles. The molecule has 0 aliphatic carbocycles. The molecule has 0 radical (unpaired) electrons. The first kappa shape index (κ1) is 23.3. The van der Waals surface area contributed by atoms with Gasteiger partial charge in [0.1, 0.15) is 11.0 Å². The minimum absolute atomic E-state index is 0.0611. The largest absolute Gasteiger partial charge is 0.340 e. The Kier molecular flexibility index (Phi) is 7.44. The van der Waals surface area contributed by atoms with Crippen molar-refractivity contribution in [2.24, 2.45) is 5.92 Å². The fraction of sp³-hybridized carbons (Fsp3) is 0.185. The van der Waals surface area contributed by atoms with Crippen LogP contribution in [-0.2, 0) is 4.79 Å². The second kappa shape index (κ2) is 10.9. The van der Waals surface area contributed by atoms with Gasteiger partial charge in [-0.05, 0) is 29.2 Å². The van der Waals surface area contributed by atoms with Crippen molar-refractivity contribution in [3.8, 4) is 21.7 Å².